The minimum absolute atomic E-state index is 0.0484. The number of amides is 1. The Kier molecular flexibility index (Phi) is 4.97. The van der Waals surface area contributed by atoms with Crippen molar-refractivity contribution in [3.05, 3.63) is 53.6 Å². The Bertz CT molecular complexity index is 905. The molecule has 0 radical (unpaired) electrons. The van der Waals surface area contributed by atoms with Crippen LogP contribution in [0, 0.1) is 17.8 Å². The van der Waals surface area contributed by atoms with E-state index in [0.29, 0.717) is 24.4 Å². The molecule has 2 atom stereocenters. The van der Waals surface area contributed by atoms with Crippen molar-refractivity contribution in [3.8, 4) is 0 Å². The lowest BCUT2D eigenvalue weighted by Crippen LogP contribution is -2.28. The highest BCUT2D eigenvalue weighted by atomic mass is 16.5. The average molecular weight is 391 g/mol. The van der Waals surface area contributed by atoms with Crippen LogP contribution in [0.1, 0.15) is 23.2 Å². The summed E-state index contributed by atoms with van der Waals surface area (Å²) in [6, 6.07) is 3.78. The van der Waals surface area contributed by atoms with E-state index < -0.39 is 0 Å². The fourth-order valence-corrected chi connectivity index (χ4v) is 4.58. The van der Waals surface area contributed by atoms with Crippen LogP contribution < -0.4 is 10.2 Å². The molecule has 4 heterocycles. The Labute approximate surface area is 170 Å². The van der Waals surface area contributed by atoms with Crippen LogP contribution in [0.25, 0.3) is 6.08 Å². The molecule has 2 fully saturated rings. The van der Waals surface area contributed by atoms with Crippen molar-refractivity contribution < 1.29 is 9.53 Å². The summed E-state index contributed by atoms with van der Waals surface area (Å²) >= 11 is 0. The molecule has 150 valence electrons. The maximum atomic E-state index is 12.0. The van der Waals surface area contributed by atoms with Gasteiger partial charge in [-0.05, 0) is 41.9 Å². The maximum absolute atomic E-state index is 12.0. The van der Waals surface area contributed by atoms with Crippen molar-refractivity contribution in [2.24, 2.45) is 17.8 Å². The van der Waals surface area contributed by atoms with Gasteiger partial charge in [0.15, 0.2) is 0 Å². The van der Waals surface area contributed by atoms with Gasteiger partial charge >= 0.3 is 0 Å². The summed E-state index contributed by atoms with van der Waals surface area (Å²) in [7, 11) is 0. The van der Waals surface area contributed by atoms with E-state index in [-0.39, 0.29) is 5.91 Å². The van der Waals surface area contributed by atoms with Crippen LogP contribution in [-0.4, -0.2) is 47.1 Å². The lowest BCUT2D eigenvalue weighted by atomic mass is 10.1. The Morgan fingerprint density at radius 1 is 1.31 bits per heavy atom. The molecule has 2 aromatic heterocycles. The van der Waals surface area contributed by atoms with Crippen molar-refractivity contribution in [2.75, 3.05) is 31.1 Å². The Morgan fingerprint density at radius 2 is 2.21 bits per heavy atom. The molecule has 7 heteroatoms. The fourth-order valence-electron chi connectivity index (χ4n) is 4.58. The van der Waals surface area contributed by atoms with Crippen molar-refractivity contribution in [1.29, 1.82) is 0 Å². The molecule has 1 N–H and O–H groups in total. The molecule has 29 heavy (non-hydrogen) atoms. The number of ether oxygens (including phenoxy) is 1. The highest BCUT2D eigenvalue weighted by Crippen LogP contribution is 2.53. The van der Waals surface area contributed by atoms with Gasteiger partial charge in [0.1, 0.15) is 0 Å². The third-order valence-corrected chi connectivity index (χ3v) is 6.22. The van der Waals surface area contributed by atoms with Crippen LogP contribution in [0.4, 0.5) is 5.95 Å². The summed E-state index contributed by atoms with van der Waals surface area (Å²) < 4.78 is 5.46. The standard InChI is InChI=1S/C22H25N5O2/c28-21(4-3-15-2-1-7-23-10-15)24-8-5-17-18-12-27(13-19(17)18)22-25-11-16-14-29-9-6-20(16)26-22/h1-4,7,10-11,17-19H,5-6,8-9,12-14H2,(H,24,28)/b4-3+. The van der Waals surface area contributed by atoms with Gasteiger partial charge in [0.05, 0.1) is 18.9 Å². The Hall–Kier alpha value is -2.80. The number of pyridine rings is 1. The lowest BCUT2D eigenvalue weighted by Gasteiger charge is -2.22. The first kappa shape index (κ1) is 18.2. The number of aromatic nitrogens is 3. The number of nitrogens with zero attached hydrogens (tertiary/aromatic N) is 4. The lowest BCUT2D eigenvalue weighted by molar-refractivity contribution is -0.116. The van der Waals surface area contributed by atoms with Crippen molar-refractivity contribution in [2.45, 2.75) is 19.4 Å². The summed E-state index contributed by atoms with van der Waals surface area (Å²) in [4.78, 5) is 27.6. The van der Waals surface area contributed by atoms with Gasteiger partial charge in [0, 0.05) is 56.3 Å². The SMILES string of the molecule is O=C(/C=C/c1cccnc1)NCCC1C2CN(c3ncc4c(n3)CCOC4)CC12. The smallest absolute Gasteiger partial charge is 0.244 e. The predicted octanol–water partition coefficient (Wildman–Crippen LogP) is 1.85. The highest BCUT2D eigenvalue weighted by Gasteiger charge is 2.55. The molecule has 0 bridgehead atoms. The first-order valence-electron chi connectivity index (χ1n) is 10.3. The van der Waals surface area contributed by atoms with Crippen LogP contribution in [0.3, 0.4) is 0 Å². The van der Waals surface area contributed by atoms with Gasteiger partial charge in [-0.3, -0.25) is 9.78 Å². The Morgan fingerprint density at radius 3 is 3.03 bits per heavy atom. The summed E-state index contributed by atoms with van der Waals surface area (Å²) in [6.45, 7) is 4.16. The molecule has 1 saturated heterocycles. The van der Waals surface area contributed by atoms with E-state index in [2.05, 4.69) is 20.2 Å². The quantitative estimate of drug-likeness (QED) is 0.757. The number of hydrogen-bond donors (Lipinski definition) is 1. The number of rotatable bonds is 6. The summed E-state index contributed by atoms with van der Waals surface area (Å²) in [5.74, 6) is 2.94. The molecule has 0 spiro atoms. The second kappa shape index (κ2) is 7.91. The predicted molar refractivity (Wildman–Crippen MR) is 109 cm³/mol. The van der Waals surface area contributed by atoms with Crippen LogP contribution in [-0.2, 0) is 22.6 Å². The molecule has 3 aliphatic rings. The van der Waals surface area contributed by atoms with E-state index in [1.54, 1.807) is 24.5 Å². The third-order valence-electron chi connectivity index (χ3n) is 6.22. The normalized spacial score (nSPS) is 25.0. The molecule has 1 aliphatic carbocycles. The van der Waals surface area contributed by atoms with Gasteiger partial charge in [0.2, 0.25) is 11.9 Å². The molecule has 7 nitrogen and oxygen atoms in total. The zero-order chi connectivity index (χ0) is 19.6. The zero-order valence-electron chi connectivity index (χ0n) is 16.3. The van der Waals surface area contributed by atoms with Crippen LogP contribution in [0.2, 0.25) is 0 Å². The van der Waals surface area contributed by atoms with Gasteiger partial charge in [-0.15, -0.1) is 0 Å². The fraction of sp³-hybridized carbons (Fsp3) is 0.455. The molecule has 2 aromatic rings. The highest BCUT2D eigenvalue weighted by molar-refractivity contribution is 5.91. The zero-order valence-corrected chi connectivity index (χ0v) is 16.3. The van der Waals surface area contributed by atoms with E-state index in [1.165, 1.54) is 0 Å². The third kappa shape index (κ3) is 4.00. The number of carbonyl (C=O) groups is 1. The molecule has 2 unspecified atom stereocenters. The van der Waals surface area contributed by atoms with Gasteiger partial charge in [-0.2, -0.15) is 0 Å². The first-order chi connectivity index (χ1) is 14.3. The average Bonchev–Trinajstić information content (AvgIpc) is 3.20. The van der Waals surface area contributed by atoms with Gasteiger partial charge in [0.25, 0.3) is 0 Å². The second-order valence-electron chi connectivity index (χ2n) is 8.04. The molecule has 0 aromatic carbocycles. The van der Waals surface area contributed by atoms with Crippen LogP contribution in [0.5, 0.6) is 0 Å². The van der Waals surface area contributed by atoms with Crippen molar-refractivity contribution in [1.82, 2.24) is 20.3 Å². The second-order valence-corrected chi connectivity index (χ2v) is 8.04. The topological polar surface area (TPSA) is 80.2 Å². The van der Waals surface area contributed by atoms with Gasteiger partial charge < -0.3 is 15.0 Å². The first-order valence-corrected chi connectivity index (χ1v) is 10.3. The van der Waals surface area contributed by atoms with E-state index in [9.17, 15) is 4.79 Å². The number of nitrogens with one attached hydrogen (secondary N) is 1. The number of hydrogen-bond acceptors (Lipinski definition) is 6. The molecule has 1 amide bonds. The van der Waals surface area contributed by atoms with E-state index >= 15 is 0 Å². The minimum Gasteiger partial charge on any atom is -0.376 e. The Balaban J connectivity index is 1.06. The van der Waals surface area contributed by atoms with E-state index in [4.69, 9.17) is 9.72 Å². The number of piperidine rings is 1. The molecular weight excluding hydrogens is 366 g/mol. The summed E-state index contributed by atoms with van der Waals surface area (Å²) in [5, 5.41) is 2.99. The van der Waals surface area contributed by atoms with Crippen LogP contribution >= 0.6 is 0 Å². The van der Waals surface area contributed by atoms with Gasteiger partial charge in [-0.1, -0.05) is 6.07 Å². The summed E-state index contributed by atoms with van der Waals surface area (Å²) in [6.07, 6.45) is 10.7. The van der Waals surface area contributed by atoms with E-state index in [1.807, 2.05) is 18.3 Å². The molecule has 5 rings (SSSR count). The van der Waals surface area contributed by atoms with Gasteiger partial charge in [-0.25, -0.2) is 9.97 Å². The van der Waals surface area contributed by atoms with Crippen molar-refractivity contribution >= 4 is 17.9 Å². The monoisotopic (exact) mass is 391 g/mol. The maximum Gasteiger partial charge on any atom is 0.244 e. The van der Waals surface area contributed by atoms with Crippen molar-refractivity contribution in [3.63, 3.8) is 0 Å². The number of anilines is 1. The molecule has 1 saturated carbocycles. The summed E-state index contributed by atoms with van der Waals surface area (Å²) in [5.41, 5.74) is 3.19. The molecular formula is C22H25N5O2. The minimum atomic E-state index is -0.0484. The number of carbonyl (C=O) groups excluding carboxylic acids is 1. The van der Waals surface area contributed by atoms with Crippen LogP contribution in [0.15, 0.2) is 36.8 Å². The molecule has 2 aliphatic heterocycles. The number of fused-ring (bicyclic) bond motifs is 2. The largest absolute Gasteiger partial charge is 0.376 e. The van der Waals surface area contributed by atoms with E-state index in [0.717, 1.165) is 61.9 Å².